The van der Waals surface area contributed by atoms with Crippen molar-refractivity contribution in [3.63, 3.8) is 0 Å². The summed E-state index contributed by atoms with van der Waals surface area (Å²) >= 11 is 0. The first kappa shape index (κ1) is 12.5. The van der Waals surface area contributed by atoms with Gasteiger partial charge in [-0.15, -0.1) is 0 Å². The van der Waals surface area contributed by atoms with Crippen molar-refractivity contribution < 1.29 is 4.74 Å². The fraction of sp³-hybridized carbons (Fsp3) is 0.562. The molecule has 0 spiro atoms. The van der Waals surface area contributed by atoms with Crippen LogP contribution in [0.5, 0.6) is 5.75 Å². The van der Waals surface area contributed by atoms with Crippen LogP contribution in [-0.4, -0.2) is 24.6 Å². The molecule has 1 unspecified atom stereocenters. The zero-order valence-electron chi connectivity index (χ0n) is 11.3. The Hall–Kier alpha value is -1.53. The lowest BCUT2D eigenvalue weighted by Crippen LogP contribution is -2.48. The summed E-state index contributed by atoms with van der Waals surface area (Å²) in [4.78, 5) is 2.39. The lowest BCUT2D eigenvalue weighted by molar-refractivity contribution is 0.0897. The predicted molar refractivity (Wildman–Crippen MR) is 73.9 cm³/mol. The van der Waals surface area contributed by atoms with E-state index >= 15 is 0 Å². The Balaban J connectivity index is 2.02. The van der Waals surface area contributed by atoms with E-state index in [1.807, 2.05) is 18.2 Å². The van der Waals surface area contributed by atoms with Crippen LogP contribution in [-0.2, 0) is 5.54 Å². The van der Waals surface area contributed by atoms with E-state index in [-0.39, 0.29) is 0 Å². The minimum atomic E-state index is -0.473. The van der Waals surface area contributed by atoms with Crippen molar-refractivity contribution in [3.8, 4) is 11.8 Å². The molecule has 3 nitrogen and oxygen atoms in total. The highest BCUT2D eigenvalue weighted by Gasteiger charge is 2.43. The maximum atomic E-state index is 9.89. The standard InChI is InChI=1S/C16H20N2O/c17-13-16(18-10-5-1-2-6-11-18)9-12-19-15-8-4-3-7-14(15)16/h3-4,7-8H,1-2,5-6,9-12H2. The van der Waals surface area contributed by atoms with Gasteiger partial charge in [-0.3, -0.25) is 4.90 Å². The minimum absolute atomic E-state index is 0.473. The van der Waals surface area contributed by atoms with Crippen LogP contribution in [0.1, 0.15) is 37.7 Å². The number of fused-ring (bicyclic) bond motifs is 1. The van der Waals surface area contributed by atoms with Gasteiger partial charge in [0.2, 0.25) is 0 Å². The van der Waals surface area contributed by atoms with Gasteiger partial charge < -0.3 is 4.74 Å². The van der Waals surface area contributed by atoms with Gasteiger partial charge in [-0.25, -0.2) is 0 Å². The van der Waals surface area contributed by atoms with E-state index < -0.39 is 5.54 Å². The average molecular weight is 256 g/mol. The molecular formula is C16H20N2O. The van der Waals surface area contributed by atoms with Crippen LogP contribution in [0.2, 0.25) is 0 Å². The Morgan fingerprint density at radius 2 is 1.84 bits per heavy atom. The highest BCUT2D eigenvalue weighted by molar-refractivity contribution is 5.45. The van der Waals surface area contributed by atoms with Crippen molar-refractivity contribution in [2.45, 2.75) is 37.6 Å². The molecule has 1 saturated heterocycles. The number of rotatable bonds is 1. The van der Waals surface area contributed by atoms with Gasteiger partial charge in [0.15, 0.2) is 0 Å². The first-order valence-electron chi connectivity index (χ1n) is 7.25. The highest BCUT2D eigenvalue weighted by Crippen LogP contribution is 2.41. The summed E-state index contributed by atoms with van der Waals surface area (Å²) in [5.41, 5.74) is 0.588. The lowest BCUT2D eigenvalue weighted by Gasteiger charge is -2.41. The van der Waals surface area contributed by atoms with E-state index in [0.717, 1.165) is 30.8 Å². The SMILES string of the molecule is N#CC1(N2CCCCCC2)CCOc2ccccc21. The molecule has 19 heavy (non-hydrogen) atoms. The van der Waals surface area contributed by atoms with Crippen molar-refractivity contribution in [2.24, 2.45) is 0 Å². The first-order chi connectivity index (χ1) is 9.37. The number of ether oxygens (including phenoxy) is 1. The molecule has 2 aliphatic heterocycles. The van der Waals surface area contributed by atoms with E-state index in [1.54, 1.807) is 0 Å². The number of hydrogen-bond acceptors (Lipinski definition) is 3. The van der Waals surface area contributed by atoms with Crippen LogP contribution in [0.3, 0.4) is 0 Å². The van der Waals surface area contributed by atoms with Gasteiger partial charge in [-0.1, -0.05) is 31.0 Å². The molecule has 3 rings (SSSR count). The van der Waals surface area contributed by atoms with E-state index in [2.05, 4.69) is 17.0 Å². The van der Waals surface area contributed by atoms with Gasteiger partial charge in [-0.2, -0.15) is 5.26 Å². The second-order valence-electron chi connectivity index (χ2n) is 5.47. The van der Waals surface area contributed by atoms with Crippen LogP contribution in [0.25, 0.3) is 0 Å². The highest BCUT2D eigenvalue weighted by atomic mass is 16.5. The molecule has 0 aromatic heterocycles. The monoisotopic (exact) mass is 256 g/mol. The Kier molecular flexibility index (Phi) is 3.44. The molecule has 100 valence electrons. The second-order valence-corrected chi connectivity index (χ2v) is 5.47. The predicted octanol–water partition coefficient (Wildman–Crippen LogP) is 3.06. The molecule has 2 heterocycles. The van der Waals surface area contributed by atoms with E-state index in [1.165, 1.54) is 25.7 Å². The van der Waals surface area contributed by atoms with E-state index in [9.17, 15) is 5.26 Å². The van der Waals surface area contributed by atoms with E-state index in [0.29, 0.717) is 6.61 Å². The summed E-state index contributed by atoms with van der Waals surface area (Å²) in [5, 5.41) is 9.89. The summed E-state index contributed by atoms with van der Waals surface area (Å²) in [5.74, 6) is 0.888. The van der Waals surface area contributed by atoms with Crippen molar-refractivity contribution in [1.29, 1.82) is 5.26 Å². The second kappa shape index (κ2) is 5.22. The fourth-order valence-electron chi connectivity index (χ4n) is 3.35. The summed E-state index contributed by atoms with van der Waals surface area (Å²) in [7, 11) is 0. The topological polar surface area (TPSA) is 36.3 Å². The van der Waals surface area contributed by atoms with Crippen molar-refractivity contribution in [1.82, 2.24) is 4.90 Å². The molecular weight excluding hydrogens is 236 g/mol. The van der Waals surface area contributed by atoms with Crippen LogP contribution in [0, 0.1) is 11.3 Å². The molecule has 1 atom stereocenters. The first-order valence-corrected chi connectivity index (χ1v) is 7.25. The third-order valence-corrected chi connectivity index (χ3v) is 4.38. The van der Waals surface area contributed by atoms with Crippen LogP contribution in [0.4, 0.5) is 0 Å². The minimum Gasteiger partial charge on any atom is -0.493 e. The van der Waals surface area contributed by atoms with Crippen LogP contribution in [0.15, 0.2) is 24.3 Å². The average Bonchev–Trinajstić information content (AvgIpc) is 2.76. The molecule has 3 heteroatoms. The zero-order valence-corrected chi connectivity index (χ0v) is 11.3. The van der Waals surface area contributed by atoms with Crippen LogP contribution >= 0.6 is 0 Å². The van der Waals surface area contributed by atoms with Crippen molar-refractivity contribution in [2.75, 3.05) is 19.7 Å². The third kappa shape index (κ3) is 2.11. The number of nitrogens with zero attached hydrogens (tertiary/aromatic N) is 2. The summed E-state index contributed by atoms with van der Waals surface area (Å²) in [6.45, 7) is 2.70. The van der Waals surface area contributed by atoms with Gasteiger partial charge in [0.1, 0.15) is 11.3 Å². The molecule has 0 amide bonds. The maximum absolute atomic E-state index is 9.89. The van der Waals surface area contributed by atoms with Gasteiger partial charge in [-0.05, 0) is 32.0 Å². The Morgan fingerprint density at radius 1 is 1.11 bits per heavy atom. The molecule has 0 bridgehead atoms. The van der Waals surface area contributed by atoms with Crippen LogP contribution < -0.4 is 4.74 Å². The number of likely N-dealkylation sites (tertiary alicyclic amines) is 1. The number of hydrogen-bond donors (Lipinski definition) is 0. The largest absolute Gasteiger partial charge is 0.493 e. The molecule has 2 aliphatic rings. The molecule has 1 aromatic rings. The maximum Gasteiger partial charge on any atom is 0.141 e. The lowest BCUT2D eigenvalue weighted by atomic mass is 9.84. The Labute approximate surface area is 114 Å². The third-order valence-electron chi connectivity index (χ3n) is 4.38. The number of benzene rings is 1. The molecule has 0 saturated carbocycles. The summed E-state index contributed by atoms with van der Waals surface area (Å²) in [6.07, 6.45) is 5.76. The Bertz CT molecular complexity index is 486. The molecule has 1 aromatic carbocycles. The molecule has 0 radical (unpaired) electrons. The quantitative estimate of drug-likeness (QED) is 0.774. The molecule has 0 N–H and O–H groups in total. The molecule has 0 aliphatic carbocycles. The summed E-state index contributed by atoms with van der Waals surface area (Å²) < 4.78 is 5.72. The normalized spacial score (nSPS) is 27.7. The van der Waals surface area contributed by atoms with Crippen molar-refractivity contribution >= 4 is 0 Å². The number of para-hydroxylation sites is 1. The van der Waals surface area contributed by atoms with E-state index in [4.69, 9.17) is 4.74 Å². The van der Waals surface area contributed by atoms with Gasteiger partial charge in [0.25, 0.3) is 0 Å². The number of nitriles is 1. The summed E-state index contributed by atoms with van der Waals surface area (Å²) in [6, 6.07) is 10.7. The van der Waals surface area contributed by atoms with Gasteiger partial charge in [0.05, 0.1) is 12.7 Å². The molecule has 1 fully saturated rings. The fourth-order valence-corrected chi connectivity index (χ4v) is 3.35. The van der Waals surface area contributed by atoms with Crippen molar-refractivity contribution in [3.05, 3.63) is 29.8 Å². The zero-order chi connectivity index (χ0) is 13.1. The Morgan fingerprint density at radius 3 is 2.58 bits per heavy atom. The smallest absolute Gasteiger partial charge is 0.141 e. The van der Waals surface area contributed by atoms with Gasteiger partial charge in [0, 0.05) is 12.0 Å². The van der Waals surface area contributed by atoms with Gasteiger partial charge >= 0.3 is 0 Å².